The topological polar surface area (TPSA) is 85.2 Å². The summed E-state index contributed by atoms with van der Waals surface area (Å²) in [5.41, 5.74) is 5.91. The van der Waals surface area contributed by atoms with Crippen molar-refractivity contribution < 1.29 is 44.8 Å². The summed E-state index contributed by atoms with van der Waals surface area (Å²) >= 11 is 0. The highest BCUT2D eigenvalue weighted by molar-refractivity contribution is 7.46. The fourth-order valence-electron chi connectivity index (χ4n) is 4.74. The van der Waals surface area contributed by atoms with E-state index in [2.05, 4.69) is 38.2 Å². The van der Waals surface area contributed by atoms with E-state index in [1.807, 2.05) is 39.8 Å². The highest BCUT2D eigenvalue weighted by Crippen LogP contribution is 2.35. The minimum Gasteiger partial charge on any atom is -0.375 e. The van der Waals surface area contributed by atoms with Crippen LogP contribution < -0.4 is 0 Å². The SMILES string of the molecule is [2H]C([2H])([2H])C(=CCC/C(C)=C/CC/C(C)=C/CC/C(C)=C/COC[C@@H](COP(=O)(O)O)OC/C=C(\C)CC/C=C(\C)CC/C=C(\C)CCC=C(C([2H])([2H])[2H])C([2H])([2H])[2H])C([2H])([2H])[2H]. The van der Waals surface area contributed by atoms with Gasteiger partial charge in [0, 0.05) is 16.4 Å². The summed E-state index contributed by atoms with van der Waals surface area (Å²) in [5, 5.41) is 0. The van der Waals surface area contributed by atoms with Gasteiger partial charge < -0.3 is 19.3 Å². The minimum atomic E-state index is -4.69. The van der Waals surface area contributed by atoms with Crippen LogP contribution in [-0.4, -0.2) is 42.3 Å². The molecule has 0 fully saturated rings. The van der Waals surface area contributed by atoms with Crippen molar-refractivity contribution in [3.05, 3.63) is 93.2 Å². The normalized spacial score (nSPS) is 19.2. The zero-order chi connectivity index (χ0) is 47.8. The molecule has 0 saturated heterocycles. The molecular weight excluding hydrogens is 643 g/mol. The van der Waals surface area contributed by atoms with E-state index < -0.39 is 52.5 Å². The van der Waals surface area contributed by atoms with Crippen LogP contribution >= 0.6 is 7.82 Å². The van der Waals surface area contributed by atoms with Gasteiger partial charge in [-0.05, 0) is 146 Å². The van der Waals surface area contributed by atoms with Crippen LogP contribution in [0.25, 0.3) is 0 Å². The van der Waals surface area contributed by atoms with Gasteiger partial charge in [0.2, 0.25) is 0 Å². The minimum absolute atomic E-state index is 0.0804. The maximum absolute atomic E-state index is 11.4. The average molecular weight is 729 g/mol. The number of rotatable bonds is 28. The predicted octanol–water partition coefficient (Wildman–Crippen LogP) is 12.8. The van der Waals surface area contributed by atoms with Gasteiger partial charge in [0.05, 0.1) is 26.4 Å². The molecule has 0 saturated carbocycles. The van der Waals surface area contributed by atoms with Crippen molar-refractivity contribution >= 4 is 7.82 Å². The molecule has 0 rings (SSSR count). The third-order valence-corrected chi connectivity index (χ3v) is 8.43. The maximum Gasteiger partial charge on any atom is 0.469 e. The molecule has 0 radical (unpaired) electrons. The Bertz CT molecular complexity index is 1600. The molecule has 6 nitrogen and oxygen atoms in total. The van der Waals surface area contributed by atoms with E-state index >= 15 is 0 Å². The molecule has 0 aliphatic rings. The van der Waals surface area contributed by atoms with Gasteiger partial charge in [0.25, 0.3) is 0 Å². The molecule has 7 heteroatoms. The van der Waals surface area contributed by atoms with Gasteiger partial charge in [0.1, 0.15) is 6.10 Å². The van der Waals surface area contributed by atoms with Crippen molar-refractivity contribution in [1.82, 2.24) is 0 Å². The molecule has 0 aliphatic carbocycles. The summed E-state index contributed by atoms with van der Waals surface area (Å²) in [4.78, 5) is 18.4. The Balaban J connectivity index is 4.80. The summed E-state index contributed by atoms with van der Waals surface area (Å²) in [6.07, 6.45) is 23.0. The molecule has 0 aromatic rings. The molecule has 0 aromatic carbocycles. The number of ether oxygens (including phenoxy) is 2. The average Bonchev–Trinajstić information content (AvgIpc) is 3.09. The van der Waals surface area contributed by atoms with Crippen LogP contribution in [0.15, 0.2) is 93.2 Å². The van der Waals surface area contributed by atoms with Crippen molar-refractivity contribution in [2.24, 2.45) is 0 Å². The van der Waals surface area contributed by atoms with E-state index in [-0.39, 0.29) is 19.8 Å². The Labute approximate surface area is 324 Å². The molecule has 0 aromatic heterocycles. The summed E-state index contributed by atoms with van der Waals surface area (Å²) in [6, 6.07) is 0. The molecular formula is C43H73O6P. The third-order valence-electron chi connectivity index (χ3n) is 7.95. The van der Waals surface area contributed by atoms with E-state index in [4.69, 9.17) is 30.4 Å². The predicted molar refractivity (Wildman–Crippen MR) is 215 cm³/mol. The maximum atomic E-state index is 11.4. The van der Waals surface area contributed by atoms with Gasteiger partial charge in [-0.1, -0.05) is 93.2 Å². The lowest BCUT2D eigenvalue weighted by Crippen LogP contribution is -2.25. The first-order chi connectivity index (χ1) is 28.4. The number of hydrogen-bond donors (Lipinski definition) is 2. The first kappa shape index (κ1) is 30.4. The quantitative estimate of drug-likeness (QED) is 0.0474. The Kier molecular flexibility index (Phi) is 18.0. The van der Waals surface area contributed by atoms with Gasteiger partial charge in [-0.15, -0.1) is 0 Å². The van der Waals surface area contributed by atoms with Gasteiger partial charge >= 0.3 is 7.82 Å². The number of allylic oxidation sites excluding steroid dienone is 14. The van der Waals surface area contributed by atoms with Crippen LogP contribution in [0.1, 0.15) is 162 Å². The summed E-state index contributed by atoms with van der Waals surface area (Å²) < 4.78 is 117. The summed E-state index contributed by atoms with van der Waals surface area (Å²) in [6.45, 7) is 1.80. The highest BCUT2D eigenvalue weighted by Gasteiger charge is 2.19. The second kappa shape index (κ2) is 29.5. The van der Waals surface area contributed by atoms with Crippen LogP contribution in [0.3, 0.4) is 0 Å². The summed E-state index contributed by atoms with van der Waals surface area (Å²) in [5.74, 6) is 0. The summed E-state index contributed by atoms with van der Waals surface area (Å²) in [7, 11) is -4.69. The number of phosphoric acid groups is 1. The lowest BCUT2D eigenvalue weighted by atomic mass is 10.0. The molecule has 50 heavy (non-hydrogen) atoms. The van der Waals surface area contributed by atoms with Crippen molar-refractivity contribution in [3.63, 3.8) is 0 Å². The molecule has 1 atom stereocenters. The zero-order valence-electron chi connectivity index (χ0n) is 43.5. The van der Waals surface area contributed by atoms with Crippen molar-refractivity contribution in [1.29, 1.82) is 0 Å². The molecule has 0 amide bonds. The van der Waals surface area contributed by atoms with E-state index in [0.717, 1.165) is 73.7 Å². The second-order valence-corrected chi connectivity index (χ2v) is 14.3. The van der Waals surface area contributed by atoms with E-state index in [1.54, 1.807) is 0 Å². The Hall–Kier alpha value is -2.05. The first-order valence-corrected chi connectivity index (χ1v) is 19.2. The van der Waals surface area contributed by atoms with Crippen LogP contribution in [-0.2, 0) is 18.6 Å². The van der Waals surface area contributed by atoms with Gasteiger partial charge in [0.15, 0.2) is 0 Å². The number of phosphoric ester groups is 1. The Morgan fingerprint density at radius 2 is 0.880 bits per heavy atom. The highest BCUT2D eigenvalue weighted by atomic mass is 31.2. The lowest BCUT2D eigenvalue weighted by Gasteiger charge is -2.17. The van der Waals surface area contributed by atoms with Gasteiger partial charge in [-0.25, -0.2) is 4.57 Å². The van der Waals surface area contributed by atoms with Gasteiger partial charge in [-0.2, -0.15) is 0 Å². The van der Waals surface area contributed by atoms with E-state index in [9.17, 15) is 14.4 Å². The van der Waals surface area contributed by atoms with Crippen LogP contribution in [0.4, 0.5) is 0 Å². The molecule has 0 spiro atoms. The van der Waals surface area contributed by atoms with Crippen molar-refractivity contribution in [2.45, 2.75) is 152 Å². The smallest absolute Gasteiger partial charge is 0.375 e. The Morgan fingerprint density at radius 3 is 1.24 bits per heavy atom. The molecule has 0 unspecified atom stereocenters. The molecule has 0 bridgehead atoms. The number of hydrogen-bond acceptors (Lipinski definition) is 4. The Morgan fingerprint density at radius 1 is 0.540 bits per heavy atom. The van der Waals surface area contributed by atoms with Crippen molar-refractivity contribution in [3.8, 4) is 0 Å². The fourth-order valence-corrected chi connectivity index (χ4v) is 5.10. The van der Waals surface area contributed by atoms with E-state index in [1.165, 1.54) is 23.3 Å². The van der Waals surface area contributed by atoms with Gasteiger partial charge in [-0.3, -0.25) is 4.52 Å². The van der Waals surface area contributed by atoms with Crippen LogP contribution in [0.2, 0.25) is 0 Å². The lowest BCUT2D eigenvalue weighted by molar-refractivity contribution is -0.0267. The standard InChI is InChI=1S/C43H73O6P/c1-35(2)17-11-19-37(5)21-13-23-39(7)25-15-27-41(9)29-31-47-33-43(34-49-50(44,45)46)48-32-30-42(10)28-16-26-40(8)24-14-22-38(6)20-12-18-36(3)4/h17-18,21-22,25-26,29-30,43H,11-16,19-20,23-24,27-28,31-34H2,1-10H3,(H2,44,45,46)/b37-21+,38-22+,39-25+,40-26+,41-29+,42-30+/t43-/m0/s1/i1D3,2D3,3D3,4D3. The monoisotopic (exact) mass is 729 g/mol. The molecule has 286 valence electrons. The molecule has 0 aliphatic heterocycles. The molecule has 2 N–H and O–H groups in total. The van der Waals surface area contributed by atoms with E-state index in [0.29, 0.717) is 32.3 Å². The molecule has 0 heterocycles. The largest absolute Gasteiger partial charge is 0.469 e. The van der Waals surface area contributed by atoms with Crippen LogP contribution in [0, 0.1) is 0 Å². The van der Waals surface area contributed by atoms with Crippen LogP contribution in [0.5, 0.6) is 0 Å². The third kappa shape index (κ3) is 33.1. The van der Waals surface area contributed by atoms with Crippen molar-refractivity contribution in [2.75, 3.05) is 26.4 Å². The second-order valence-electron chi connectivity index (χ2n) is 13.0. The first-order valence-electron chi connectivity index (χ1n) is 23.7. The fraction of sp³-hybridized carbons (Fsp3) is 0.628. The zero-order valence-corrected chi connectivity index (χ0v) is 32.4.